The summed E-state index contributed by atoms with van der Waals surface area (Å²) in [4.78, 5) is 0. The van der Waals surface area contributed by atoms with Gasteiger partial charge in [-0.25, -0.2) is 0 Å². The summed E-state index contributed by atoms with van der Waals surface area (Å²) >= 11 is 0. The minimum Gasteiger partial charge on any atom is -0.372 e. The molecular weight excluding hydrogens is 216 g/mol. The van der Waals surface area contributed by atoms with Crippen LogP contribution >= 0.6 is 0 Å². The molecule has 2 atom stereocenters. The second-order valence-electron chi connectivity index (χ2n) is 3.82. The summed E-state index contributed by atoms with van der Waals surface area (Å²) in [6.07, 6.45) is 6.69. The van der Waals surface area contributed by atoms with Gasteiger partial charge >= 0.3 is 0 Å². The highest BCUT2D eigenvalue weighted by molar-refractivity contribution is 7.85. The van der Waals surface area contributed by atoms with Gasteiger partial charge in [0.15, 0.2) is 0 Å². The molecule has 1 saturated heterocycles. The van der Waals surface area contributed by atoms with Crippen LogP contribution in [-0.4, -0.2) is 33.5 Å². The van der Waals surface area contributed by atoms with E-state index < -0.39 is 10.1 Å². The Kier molecular flexibility index (Phi) is 4.76. The summed E-state index contributed by atoms with van der Waals surface area (Å²) in [5.41, 5.74) is 0. The Morgan fingerprint density at radius 1 is 1.47 bits per heavy atom. The molecule has 1 aliphatic rings. The van der Waals surface area contributed by atoms with E-state index in [1.54, 1.807) is 0 Å². The van der Waals surface area contributed by atoms with Crippen molar-refractivity contribution in [1.82, 2.24) is 0 Å². The summed E-state index contributed by atoms with van der Waals surface area (Å²) in [7, 11) is -3.35. The van der Waals surface area contributed by atoms with Gasteiger partial charge in [0.1, 0.15) is 0 Å². The van der Waals surface area contributed by atoms with Gasteiger partial charge in [-0.15, -0.1) is 6.58 Å². The van der Waals surface area contributed by atoms with E-state index in [4.69, 9.17) is 8.92 Å². The van der Waals surface area contributed by atoms with Crippen LogP contribution in [0.15, 0.2) is 12.7 Å². The zero-order valence-electron chi connectivity index (χ0n) is 9.02. The Morgan fingerprint density at radius 3 is 2.73 bits per heavy atom. The maximum atomic E-state index is 10.8. The summed E-state index contributed by atoms with van der Waals surface area (Å²) in [5.74, 6) is 0. The normalized spacial score (nSPS) is 27.5. The third kappa shape index (κ3) is 5.30. The van der Waals surface area contributed by atoms with Gasteiger partial charge in [-0.1, -0.05) is 6.08 Å². The molecule has 0 aromatic heterocycles. The lowest BCUT2D eigenvalue weighted by molar-refractivity contribution is -0.0644. The molecule has 5 heteroatoms. The van der Waals surface area contributed by atoms with Crippen molar-refractivity contribution in [1.29, 1.82) is 0 Å². The lowest BCUT2D eigenvalue weighted by Gasteiger charge is -2.29. The lowest BCUT2D eigenvalue weighted by Crippen LogP contribution is -2.31. The van der Waals surface area contributed by atoms with Crippen LogP contribution in [0.4, 0.5) is 0 Å². The van der Waals surface area contributed by atoms with Gasteiger partial charge in [0.05, 0.1) is 25.1 Å². The number of rotatable bonds is 5. The fraction of sp³-hybridized carbons (Fsp3) is 0.800. The van der Waals surface area contributed by atoms with E-state index in [9.17, 15) is 8.42 Å². The van der Waals surface area contributed by atoms with Crippen molar-refractivity contribution >= 4 is 10.1 Å². The molecule has 0 spiro atoms. The topological polar surface area (TPSA) is 52.6 Å². The first-order valence-corrected chi connectivity index (χ1v) is 6.93. The summed E-state index contributed by atoms with van der Waals surface area (Å²) in [6.45, 7) is 3.79. The Balaban J connectivity index is 2.33. The molecule has 0 bridgehead atoms. The largest absolute Gasteiger partial charge is 0.372 e. The van der Waals surface area contributed by atoms with Gasteiger partial charge < -0.3 is 4.74 Å². The molecule has 1 rings (SSSR count). The molecule has 0 aromatic rings. The van der Waals surface area contributed by atoms with Gasteiger partial charge in [-0.3, -0.25) is 4.18 Å². The maximum Gasteiger partial charge on any atom is 0.264 e. The van der Waals surface area contributed by atoms with Crippen molar-refractivity contribution in [2.45, 2.75) is 37.9 Å². The van der Waals surface area contributed by atoms with E-state index >= 15 is 0 Å². The molecule has 1 aliphatic heterocycles. The Morgan fingerprint density at radius 2 is 2.13 bits per heavy atom. The predicted octanol–water partition coefficient (Wildman–Crippen LogP) is 1.48. The highest BCUT2D eigenvalue weighted by Crippen LogP contribution is 2.21. The van der Waals surface area contributed by atoms with Crippen LogP contribution in [0.5, 0.6) is 0 Å². The standard InChI is InChI=1S/C10H18O4S/c1-3-5-9-6-4-7-10(14-9)8-13-15(2,11)12/h3,9-10H,1,4-8H2,2H3/t9-,10+/m1/s1. The average Bonchev–Trinajstić information content (AvgIpc) is 2.15. The van der Waals surface area contributed by atoms with E-state index in [-0.39, 0.29) is 18.8 Å². The van der Waals surface area contributed by atoms with Gasteiger partial charge in [-0.2, -0.15) is 8.42 Å². The van der Waals surface area contributed by atoms with E-state index in [0.29, 0.717) is 0 Å². The van der Waals surface area contributed by atoms with Crippen LogP contribution in [0, 0.1) is 0 Å². The van der Waals surface area contributed by atoms with Crippen molar-refractivity contribution in [3.05, 3.63) is 12.7 Å². The lowest BCUT2D eigenvalue weighted by atomic mass is 10.0. The molecule has 0 aromatic carbocycles. The van der Waals surface area contributed by atoms with Crippen LogP contribution in [0.1, 0.15) is 25.7 Å². The molecule has 4 nitrogen and oxygen atoms in total. The second-order valence-corrected chi connectivity index (χ2v) is 5.47. The van der Waals surface area contributed by atoms with Crippen molar-refractivity contribution in [2.75, 3.05) is 12.9 Å². The first kappa shape index (κ1) is 12.7. The Hall–Kier alpha value is -0.390. The predicted molar refractivity (Wildman–Crippen MR) is 58.1 cm³/mol. The highest BCUT2D eigenvalue weighted by Gasteiger charge is 2.22. The zero-order chi connectivity index (χ0) is 11.3. The molecular formula is C10H18O4S. The second kappa shape index (κ2) is 5.63. The molecule has 0 aliphatic carbocycles. The quantitative estimate of drug-likeness (QED) is 0.534. The Bertz CT molecular complexity index is 297. The minimum absolute atomic E-state index is 0.0987. The third-order valence-electron chi connectivity index (χ3n) is 2.33. The molecule has 0 saturated carbocycles. The molecule has 15 heavy (non-hydrogen) atoms. The van der Waals surface area contributed by atoms with Crippen LogP contribution < -0.4 is 0 Å². The van der Waals surface area contributed by atoms with Gasteiger partial charge in [0.25, 0.3) is 10.1 Å². The van der Waals surface area contributed by atoms with Crippen molar-refractivity contribution in [3.63, 3.8) is 0 Å². The van der Waals surface area contributed by atoms with E-state index in [0.717, 1.165) is 31.9 Å². The first-order valence-electron chi connectivity index (χ1n) is 5.12. The highest BCUT2D eigenvalue weighted by atomic mass is 32.2. The monoisotopic (exact) mass is 234 g/mol. The number of hydrogen-bond donors (Lipinski definition) is 0. The molecule has 88 valence electrons. The molecule has 0 unspecified atom stereocenters. The fourth-order valence-electron chi connectivity index (χ4n) is 1.66. The van der Waals surface area contributed by atoms with E-state index in [1.165, 1.54) is 0 Å². The summed E-state index contributed by atoms with van der Waals surface area (Å²) in [6, 6.07) is 0. The average molecular weight is 234 g/mol. The fourth-order valence-corrected chi connectivity index (χ4v) is 2.06. The number of hydrogen-bond acceptors (Lipinski definition) is 4. The molecule has 0 amide bonds. The summed E-state index contributed by atoms with van der Waals surface area (Å²) in [5, 5.41) is 0. The van der Waals surface area contributed by atoms with Crippen molar-refractivity contribution < 1.29 is 17.3 Å². The molecule has 1 heterocycles. The zero-order valence-corrected chi connectivity index (χ0v) is 9.83. The molecule has 1 fully saturated rings. The number of ether oxygens (including phenoxy) is 1. The minimum atomic E-state index is -3.35. The van der Waals surface area contributed by atoms with Crippen LogP contribution in [0.2, 0.25) is 0 Å². The maximum absolute atomic E-state index is 10.8. The van der Waals surface area contributed by atoms with Crippen molar-refractivity contribution in [3.8, 4) is 0 Å². The first-order chi connectivity index (χ1) is 7.01. The molecule has 0 N–H and O–H groups in total. The van der Waals surface area contributed by atoms with Crippen molar-refractivity contribution in [2.24, 2.45) is 0 Å². The van der Waals surface area contributed by atoms with Gasteiger partial charge in [0, 0.05) is 0 Å². The Labute approximate surface area is 91.4 Å². The van der Waals surface area contributed by atoms with E-state index in [1.807, 2.05) is 6.08 Å². The summed E-state index contributed by atoms with van der Waals surface area (Å²) < 4.78 is 32.0. The SMILES string of the molecule is C=CC[C@@H]1CCC[C@@H](COS(C)(=O)=O)O1. The molecule has 0 radical (unpaired) electrons. The van der Waals surface area contributed by atoms with Crippen LogP contribution in [-0.2, 0) is 19.0 Å². The third-order valence-corrected chi connectivity index (χ3v) is 2.90. The van der Waals surface area contributed by atoms with Crippen LogP contribution in [0.25, 0.3) is 0 Å². The smallest absolute Gasteiger partial charge is 0.264 e. The van der Waals surface area contributed by atoms with E-state index in [2.05, 4.69) is 6.58 Å². The van der Waals surface area contributed by atoms with Gasteiger partial charge in [0.2, 0.25) is 0 Å². The van der Waals surface area contributed by atoms with Crippen LogP contribution in [0.3, 0.4) is 0 Å². The van der Waals surface area contributed by atoms with Gasteiger partial charge in [-0.05, 0) is 25.7 Å².